The van der Waals surface area contributed by atoms with E-state index >= 15 is 0 Å². The Morgan fingerprint density at radius 2 is 2.00 bits per heavy atom. The normalized spacial score (nSPS) is 9.94. The molecule has 17 heavy (non-hydrogen) atoms. The number of anilines is 1. The largest absolute Gasteiger partial charge is 0.368 e. The van der Waals surface area contributed by atoms with Gasteiger partial charge in [-0.1, -0.05) is 24.1 Å². The average Bonchev–Trinajstić information content (AvgIpc) is 2.31. The molecule has 0 unspecified atom stereocenters. The highest BCUT2D eigenvalue weighted by atomic mass is 15.0. The molecule has 0 aliphatic heterocycles. The van der Waals surface area contributed by atoms with Crippen molar-refractivity contribution in [1.82, 2.24) is 9.97 Å². The maximum Gasteiger partial charge on any atom is 0.221 e. The Bertz CT molecular complexity index is 609. The van der Waals surface area contributed by atoms with E-state index in [1.807, 2.05) is 12.1 Å². The van der Waals surface area contributed by atoms with Crippen molar-refractivity contribution in [3.8, 4) is 23.6 Å². The van der Waals surface area contributed by atoms with Crippen molar-refractivity contribution < 1.29 is 0 Å². The van der Waals surface area contributed by atoms with E-state index in [0.29, 0.717) is 5.69 Å². The molecule has 0 spiro atoms. The summed E-state index contributed by atoms with van der Waals surface area (Å²) in [5.74, 6) is 2.69. The van der Waals surface area contributed by atoms with E-state index in [2.05, 4.69) is 35.8 Å². The lowest BCUT2D eigenvalue weighted by Crippen LogP contribution is -1.99. The first-order valence-corrected chi connectivity index (χ1v) is 5.29. The Morgan fingerprint density at radius 3 is 2.71 bits per heavy atom. The van der Waals surface area contributed by atoms with Crippen LogP contribution in [-0.2, 0) is 0 Å². The van der Waals surface area contributed by atoms with Crippen LogP contribution in [0.25, 0.3) is 11.3 Å². The maximum atomic E-state index is 5.64. The molecule has 0 saturated carbocycles. The van der Waals surface area contributed by atoms with E-state index in [0.717, 1.165) is 11.3 Å². The van der Waals surface area contributed by atoms with Crippen molar-refractivity contribution in [3.05, 3.63) is 41.1 Å². The average molecular weight is 223 g/mol. The molecule has 0 aliphatic rings. The van der Waals surface area contributed by atoms with Crippen molar-refractivity contribution in [3.63, 3.8) is 0 Å². The van der Waals surface area contributed by atoms with Crippen LogP contribution in [0.3, 0.4) is 0 Å². The second kappa shape index (κ2) is 4.26. The minimum atomic E-state index is 0.205. The number of rotatable bonds is 1. The Balaban J connectivity index is 2.65. The molecule has 0 bridgehead atoms. The molecule has 0 aliphatic carbocycles. The molecule has 0 atom stereocenters. The van der Waals surface area contributed by atoms with Gasteiger partial charge in [0.2, 0.25) is 5.95 Å². The molecule has 1 aromatic carbocycles. The van der Waals surface area contributed by atoms with Crippen LogP contribution in [0.4, 0.5) is 5.95 Å². The number of aryl methyl sites for hydroxylation is 1. The molecule has 2 N–H and O–H groups in total. The van der Waals surface area contributed by atoms with Gasteiger partial charge in [-0.05, 0) is 31.0 Å². The Kier molecular flexibility index (Phi) is 2.80. The van der Waals surface area contributed by atoms with E-state index in [9.17, 15) is 0 Å². The van der Waals surface area contributed by atoms with Crippen molar-refractivity contribution >= 4 is 5.95 Å². The quantitative estimate of drug-likeness (QED) is 0.755. The number of hydrogen-bond donors (Lipinski definition) is 1. The zero-order valence-corrected chi connectivity index (χ0v) is 9.86. The smallest absolute Gasteiger partial charge is 0.221 e. The number of benzene rings is 1. The first-order valence-electron chi connectivity index (χ1n) is 5.29. The SMILES string of the molecule is C#Cc1cc(-c2cccc(C)c2C)nc(N)n1. The Hall–Kier alpha value is -2.34. The second-order valence-electron chi connectivity index (χ2n) is 3.89. The highest BCUT2D eigenvalue weighted by Crippen LogP contribution is 2.24. The van der Waals surface area contributed by atoms with E-state index in [4.69, 9.17) is 12.2 Å². The van der Waals surface area contributed by atoms with Crippen LogP contribution in [-0.4, -0.2) is 9.97 Å². The van der Waals surface area contributed by atoms with Gasteiger partial charge in [-0.25, -0.2) is 9.97 Å². The third-order valence-electron chi connectivity index (χ3n) is 2.77. The van der Waals surface area contributed by atoms with E-state index in [1.165, 1.54) is 11.1 Å². The van der Waals surface area contributed by atoms with Crippen LogP contribution in [0.15, 0.2) is 24.3 Å². The van der Waals surface area contributed by atoms with E-state index in [-0.39, 0.29) is 5.95 Å². The van der Waals surface area contributed by atoms with Crippen LogP contribution >= 0.6 is 0 Å². The molecule has 2 rings (SSSR count). The lowest BCUT2D eigenvalue weighted by molar-refractivity contribution is 1.16. The summed E-state index contributed by atoms with van der Waals surface area (Å²) in [6.07, 6.45) is 5.34. The molecule has 1 aromatic heterocycles. The lowest BCUT2D eigenvalue weighted by atomic mass is 10.0. The second-order valence-corrected chi connectivity index (χ2v) is 3.89. The van der Waals surface area contributed by atoms with Gasteiger partial charge in [0.05, 0.1) is 5.69 Å². The molecular weight excluding hydrogens is 210 g/mol. The summed E-state index contributed by atoms with van der Waals surface area (Å²) >= 11 is 0. The van der Waals surface area contributed by atoms with Crippen LogP contribution < -0.4 is 5.73 Å². The number of aromatic nitrogens is 2. The monoisotopic (exact) mass is 223 g/mol. The zero-order valence-electron chi connectivity index (χ0n) is 9.86. The summed E-state index contributed by atoms with van der Waals surface area (Å²) in [7, 11) is 0. The lowest BCUT2D eigenvalue weighted by Gasteiger charge is -2.08. The van der Waals surface area contributed by atoms with Gasteiger partial charge in [0.15, 0.2) is 0 Å². The molecule has 1 heterocycles. The minimum Gasteiger partial charge on any atom is -0.368 e. The van der Waals surface area contributed by atoms with Crippen LogP contribution in [0.1, 0.15) is 16.8 Å². The first kappa shape index (κ1) is 11.2. The third-order valence-corrected chi connectivity index (χ3v) is 2.77. The van der Waals surface area contributed by atoms with Crippen molar-refractivity contribution in [2.24, 2.45) is 0 Å². The summed E-state index contributed by atoms with van der Waals surface area (Å²) in [6.45, 7) is 4.12. The number of terminal acetylenes is 1. The molecule has 0 saturated heterocycles. The van der Waals surface area contributed by atoms with Gasteiger partial charge in [-0.2, -0.15) is 0 Å². The third kappa shape index (κ3) is 2.11. The van der Waals surface area contributed by atoms with Gasteiger partial charge < -0.3 is 5.73 Å². The van der Waals surface area contributed by atoms with Gasteiger partial charge in [-0.3, -0.25) is 0 Å². The maximum absolute atomic E-state index is 5.64. The van der Waals surface area contributed by atoms with Gasteiger partial charge in [-0.15, -0.1) is 6.42 Å². The molecule has 2 aromatic rings. The minimum absolute atomic E-state index is 0.205. The summed E-state index contributed by atoms with van der Waals surface area (Å²) in [4.78, 5) is 8.19. The molecule has 3 nitrogen and oxygen atoms in total. The molecular formula is C14H13N3. The molecule has 0 fully saturated rings. The summed E-state index contributed by atoms with van der Waals surface area (Å²) in [5, 5.41) is 0. The van der Waals surface area contributed by atoms with Crippen LogP contribution in [0.2, 0.25) is 0 Å². The molecule has 3 heteroatoms. The fourth-order valence-corrected chi connectivity index (χ4v) is 1.71. The van der Waals surface area contributed by atoms with Gasteiger partial charge in [0.1, 0.15) is 5.69 Å². The Labute approximate surface area is 101 Å². The zero-order chi connectivity index (χ0) is 12.4. The standard InChI is InChI=1S/C14H13N3/c1-4-11-8-13(17-14(15)16-11)12-7-5-6-9(2)10(12)3/h1,5-8H,2-3H3,(H2,15,16,17). The number of nitrogens with two attached hydrogens (primary N) is 1. The van der Waals surface area contributed by atoms with Crippen LogP contribution in [0.5, 0.6) is 0 Å². The van der Waals surface area contributed by atoms with E-state index in [1.54, 1.807) is 6.07 Å². The van der Waals surface area contributed by atoms with Crippen molar-refractivity contribution in [1.29, 1.82) is 0 Å². The molecule has 0 amide bonds. The Morgan fingerprint density at radius 1 is 1.24 bits per heavy atom. The topological polar surface area (TPSA) is 51.8 Å². The highest BCUT2D eigenvalue weighted by Gasteiger charge is 2.07. The fourth-order valence-electron chi connectivity index (χ4n) is 1.71. The first-order chi connectivity index (χ1) is 8.11. The van der Waals surface area contributed by atoms with Crippen LogP contribution in [0, 0.1) is 26.2 Å². The predicted molar refractivity (Wildman–Crippen MR) is 69.3 cm³/mol. The number of nitrogens with zero attached hydrogens (tertiary/aromatic N) is 2. The highest BCUT2D eigenvalue weighted by molar-refractivity contribution is 5.66. The summed E-state index contributed by atoms with van der Waals surface area (Å²) in [6, 6.07) is 7.83. The predicted octanol–water partition coefficient (Wildman–Crippen LogP) is 2.32. The van der Waals surface area contributed by atoms with Gasteiger partial charge in [0.25, 0.3) is 0 Å². The summed E-state index contributed by atoms with van der Waals surface area (Å²) < 4.78 is 0. The summed E-state index contributed by atoms with van der Waals surface area (Å²) in [5.41, 5.74) is 10.3. The van der Waals surface area contributed by atoms with Gasteiger partial charge in [0, 0.05) is 5.56 Å². The van der Waals surface area contributed by atoms with E-state index < -0.39 is 0 Å². The molecule has 84 valence electrons. The van der Waals surface area contributed by atoms with Crippen molar-refractivity contribution in [2.45, 2.75) is 13.8 Å². The fraction of sp³-hybridized carbons (Fsp3) is 0.143. The number of nitrogen functional groups attached to an aromatic ring is 1. The number of hydrogen-bond acceptors (Lipinski definition) is 3. The van der Waals surface area contributed by atoms with Crippen molar-refractivity contribution in [2.75, 3.05) is 5.73 Å². The van der Waals surface area contributed by atoms with Gasteiger partial charge >= 0.3 is 0 Å². The molecule has 0 radical (unpaired) electrons.